The number of rotatable bonds is 3. The molecule has 4 aliphatic carbocycles. The number of hydrogen-bond donors (Lipinski definition) is 0. The van der Waals surface area contributed by atoms with Gasteiger partial charge in [-0.25, -0.2) is 0 Å². The van der Waals surface area contributed by atoms with Gasteiger partial charge in [-0.05, 0) is 55.3 Å². The molecule has 0 N–H and O–H groups in total. The maximum Gasteiger partial charge on any atom is 0.490 e. The van der Waals surface area contributed by atoms with Crippen LogP contribution in [-0.2, 0) is 10.3 Å². The molecule has 1 aromatic rings. The van der Waals surface area contributed by atoms with Crippen LogP contribution in [0.3, 0.4) is 0 Å². The van der Waals surface area contributed by atoms with Crippen molar-refractivity contribution in [3.63, 3.8) is 0 Å². The van der Waals surface area contributed by atoms with Gasteiger partial charge < -0.3 is 20.0 Å². The smallest absolute Gasteiger partial charge is 0.490 e. The quantitative estimate of drug-likeness (QED) is 0.581. The second-order valence-electron chi connectivity index (χ2n) is 7.00. The van der Waals surface area contributed by atoms with Crippen molar-refractivity contribution < 1.29 is 14.8 Å². The molecule has 112 valence electrons. The summed E-state index contributed by atoms with van der Waals surface area (Å²) in [5.74, 6) is -0.719. The second kappa shape index (κ2) is 3.80. The number of aliphatic carboxylic acids is 1. The molecule has 4 bridgehead atoms. The molecule has 2 atom stereocenters. The Labute approximate surface area is 120 Å². The highest BCUT2D eigenvalue weighted by Crippen LogP contribution is 2.63. The molecule has 4 saturated carbocycles. The SMILES string of the molecule is O=C([O-])C12CC3CC(C1)CC(n1cnc([N+](=O)[O-])n1)(C3)C2. The number of carbonyl (C=O) groups excluding carboxylic acids is 1. The van der Waals surface area contributed by atoms with E-state index in [-0.39, 0.29) is 0 Å². The highest BCUT2D eigenvalue weighted by Gasteiger charge is 2.60. The normalized spacial score (nSPS) is 40.4. The predicted molar refractivity (Wildman–Crippen MR) is 66.8 cm³/mol. The lowest BCUT2D eigenvalue weighted by Crippen LogP contribution is -2.61. The van der Waals surface area contributed by atoms with E-state index in [1.54, 1.807) is 4.68 Å². The van der Waals surface area contributed by atoms with Crippen LogP contribution in [0.2, 0.25) is 0 Å². The van der Waals surface area contributed by atoms with E-state index in [0.29, 0.717) is 31.1 Å². The van der Waals surface area contributed by atoms with E-state index in [2.05, 4.69) is 10.1 Å². The molecule has 0 aromatic carbocycles. The molecular weight excluding hydrogens is 276 g/mol. The molecule has 4 fully saturated rings. The summed E-state index contributed by atoms with van der Waals surface area (Å²) in [6.45, 7) is 0. The number of hydrogen-bond acceptors (Lipinski definition) is 6. The van der Waals surface area contributed by atoms with Crippen LogP contribution in [-0.4, -0.2) is 25.7 Å². The molecule has 8 nitrogen and oxygen atoms in total. The van der Waals surface area contributed by atoms with Crippen molar-refractivity contribution in [2.24, 2.45) is 17.3 Å². The Morgan fingerprint density at radius 3 is 2.52 bits per heavy atom. The predicted octanol–water partition coefficient (Wildman–Crippen LogP) is 0.232. The lowest BCUT2D eigenvalue weighted by Gasteiger charge is -2.61. The van der Waals surface area contributed by atoms with Gasteiger partial charge in [0.15, 0.2) is 0 Å². The van der Waals surface area contributed by atoms with Crippen LogP contribution in [0.15, 0.2) is 6.33 Å². The zero-order valence-electron chi connectivity index (χ0n) is 11.4. The topological polar surface area (TPSA) is 114 Å². The van der Waals surface area contributed by atoms with Crippen molar-refractivity contribution >= 4 is 11.9 Å². The van der Waals surface area contributed by atoms with Crippen molar-refractivity contribution in [3.8, 4) is 0 Å². The van der Waals surface area contributed by atoms with Gasteiger partial charge in [0.05, 0.1) is 5.54 Å². The molecular formula is C13H15N4O4-. The average Bonchev–Trinajstić information content (AvgIpc) is 2.87. The Hall–Kier alpha value is -1.99. The Morgan fingerprint density at radius 1 is 1.33 bits per heavy atom. The minimum absolute atomic E-state index is 0.340. The molecule has 8 heteroatoms. The summed E-state index contributed by atoms with van der Waals surface area (Å²) >= 11 is 0. The average molecular weight is 291 g/mol. The minimum atomic E-state index is -0.976. The summed E-state index contributed by atoms with van der Waals surface area (Å²) in [7, 11) is 0. The summed E-state index contributed by atoms with van der Waals surface area (Å²) in [6, 6.07) is 0. The third kappa shape index (κ3) is 1.64. The highest BCUT2D eigenvalue weighted by atomic mass is 16.6. The van der Waals surface area contributed by atoms with Gasteiger partial charge >= 0.3 is 5.95 Å². The first-order valence-corrected chi connectivity index (χ1v) is 7.21. The fourth-order valence-corrected chi connectivity index (χ4v) is 5.29. The molecule has 0 saturated heterocycles. The van der Waals surface area contributed by atoms with Crippen molar-refractivity contribution in [1.29, 1.82) is 0 Å². The first-order valence-electron chi connectivity index (χ1n) is 7.21. The van der Waals surface area contributed by atoms with Gasteiger partial charge in [-0.3, -0.25) is 0 Å². The standard InChI is InChI=1S/C13H16N4O4/c18-10(19)12-2-8-1-9(3-12)5-13(4-8,6-12)16-7-14-11(15-16)17(20)21/h7-9H,1-6H2,(H,18,19)/p-1. The first kappa shape index (κ1) is 12.7. The van der Waals surface area contributed by atoms with E-state index < -0.39 is 27.8 Å². The van der Waals surface area contributed by atoms with Gasteiger partial charge in [-0.2, -0.15) is 4.68 Å². The molecule has 0 aliphatic heterocycles. The molecule has 0 radical (unpaired) electrons. The van der Waals surface area contributed by atoms with Gasteiger partial charge in [0, 0.05) is 16.5 Å². The van der Waals surface area contributed by atoms with Crippen LogP contribution < -0.4 is 5.11 Å². The fourth-order valence-electron chi connectivity index (χ4n) is 5.29. The zero-order valence-corrected chi connectivity index (χ0v) is 11.4. The molecule has 21 heavy (non-hydrogen) atoms. The van der Waals surface area contributed by atoms with Gasteiger partial charge in [0.25, 0.3) is 0 Å². The lowest BCUT2D eigenvalue weighted by molar-refractivity contribution is -0.394. The maximum atomic E-state index is 11.7. The molecule has 0 spiro atoms. The van der Waals surface area contributed by atoms with Crippen molar-refractivity contribution in [2.75, 3.05) is 0 Å². The van der Waals surface area contributed by atoms with Crippen LogP contribution in [0.25, 0.3) is 0 Å². The molecule has 1 heterocycles. The molecule has 0 amide bonds. The van der Waals surface area contributed by atoms with Crippen LogP contribution in [0, 0.1) is 27.4 Å². The highest BCUT2D eigenvalue weighted by molar-refractivity contribution is 5.73. The van der Waals surface area contributed by atoms with Crippen LogP contribution >= 0.6 is 0 Å². The van der Waals surface area contributed by atoms with E-state index in [4.69, 9.17) is 0 Å². The monoisotopic (exact) mass is 291 g/mol. The third-order valence-corrected chi connectivity index (χ3v) is 5.59. The number of carboxylic acid groups (broad SMARTS) is 1. The summed E-state index contributed by atoms with van der Waals surface area (Å²) < 4.78 is 1.56. The van der Waals surface area contributed by atoms with Crippen LogP contribution in [0.5, 0.6) is 0 Å². The fraction of sp³-hybridized carbons (Fsp3) is 0.769. The van der Waals surface area contributed by atoms with E-state index in [1.807, 2.05) is 0 Å². The molecule has 4 aliphatic rings. The van der Waals surface area contributed by atoms with Gasteiger partial charge in [0.2, 0.25) is 6.33 Å². The number of nitrogens with zero attached hydrogens (tertiary/aromatic N) is 4. The molecule has 2 unspecified atom stereocenters. The maximum absolute atomic E-state index is 11.7. The van der Waals surface area contributed by atoms with E-state index in [0.717, 1.165) is 19.3 Å². The number of carboxylic acids is 1. The van der Waals surface area contributed by atoms with Crippen LogP contribution in [0.1, 0.15) is 38.5 Å². The molecule has 1 aromatic heterocycles. The van der Waals surface area contributed by atoms with E-state index in [1.165, 1.54) is 6.33 Å². The number of aromatic nitrogens is 3. The zero-order chi connectivity index (χ0) is 14.8. The van der Waals surface area contributed by atoms with E-state index in [9.17, 15) is 20.0 Å². The summed E-state index contributed by atoms with van der Waals surface area (Å²) in [4.78, 5) is 25.6. The summed E-state index contributed by atoms with van der Waals surface area (Å²) in [6.07, 6.45) is 5.89. The van der Waals surface area contributed by atoms with Crippen molar-refractivity contribution in [3.05, 3.63) is 16.4 Å². The minimum Gasteiger partial charge on any atom is -0.550 e. The Balaban J connectivity index is 1.76. The number of carbonyl (C=O) groups is 1. The van der Waals surface area contributed by atoms with Crippen LogP contribution in [0.4, 0.5) is 5.95 Å². The van der Waals surface area contributed by atoms with E-state index >= 15 is 0 Å². The summed E-state index contributed by atoms with van der Waals surface area (Å²) in [5, 5.41) is 26.4. The Morgan fingerprint density at radius 2 is 2.00 bits per heavy atom. The summed E-state index contributed by atoms with van der Waals surface area (Å²) in [5.41, 5.74) is -1.23. The molecule has 5 rings (SSSR count). The van der Waals surface area contributed by atoms with Gasteiger partial charge in [-0.15, -0.1) is 0 Å². The lowest BCUT2D eigenvalue weighted by atomic mass is 9.47. The first-order chi connectivity index (χ1) is 9.92. The van der Waals surface area contributed by atoms with Crippen molar-refractivity contribution in [1.82, 2.24) is 14.8 Å². The van der Waals surface area contributed by atoms with Gasteiger partial charge in [-0.1, -0.05) is 4.98 Å². The second-order valence-corrected chi connectivity index (χ2v) is 7.00. The van der Waals surface area contributed by atoms with Crippen molar-refractivity contribution in [2.45, 2.75) is 44.1 Å². The van der Waals surface area contributed by atoms with Gasteiger partial charge in [0.1, 0.15) is 0 Å². The Kier molecular flexibility index (Phi) is 2.31. The Bertz CT molecular complexity index is 626. The number of nitro groups is 1. The third-order valence-electron chi connectivity index (χ3n) is 5.59. The largest absolute Gasteiger partial charge is 0.550 e.